The van der Waals surface area contributed by atoms with E-state index in [9.17, 15) is 0 Å². The molecule has 0 saturated heterocycles. The summed E-state index contributed by atoms with van der Waals surface area (Å²) in [7, 11) is 1.71. The first kappa shape index (κ1) is 11.9. The van der Waals surface area contributed by atoms with Crippen LogP contribution in [0.5, 0.6) is 5.75 Å². The van der Waals surface area contributed by atoms with Gasteiger partial charge in [-0.3, -0.25) is 0 Å². The van der Waals surface area contributed by atoms with E-state index in [1.807, 2.05) is 12.1 Å². The predicted molar refractivity (Wildman–Crippen MR) is 82.7 cm³/mol. The lowest BCUT2D eigenvalue weighted by molar-refractivity contribution is 0.414. The maximum Gasteiger partial charge on any atom is 0.119 e. The van der Waals surface area contributed by atoms with Gasteiger partial charge in [-0.05, 0) is 60.4 Å². The van der Waals surface area contributed by atoms with Crippen LogP contribution in [0.1, 0.15) is 11.1 Å². The third kappa shape index (κ3) is 1.65. The van der Waals surface area contributed by atoms with E-state index >= 15 is 0 Å². The number of hydrogen-bond donors (Lipinski definition) is 1. The molecule has 0 radical (unpaired) electrons. The van der Waals surface area contributed by atoms with Crippen LogP contribution in [-0.2, 0) is 12.8 Å². The molecule has 3 aromatic rings. The Morgan fingerprint density at radius 1 is 1.10 bits per heavy atom. The first-order chi connectivity index (χ1) is 9.76. The number of rotatable bonds is 1. The van der Waals surface area contributed by atoms with Crippen LogP contribution in [-0.4, -0.2) is 12.1 Å². The number of aryl methyl sites for hydroxylation is 2. The highest BCUT2D eigenvalue weighted by molar-refractivity contribution is 6.31. The van der Waals surface area contributed by atoms with Crippen LogP contribution >= 0.6 is 11.6 Å². The van der Waals surface area contributed by atoms with E-state index in [1.54, 1.807) is 7.11 Å². The Hall–Kier alpha value is -1.93. The van der Waals surface area contributed by atoms with Crippen molar-refractivity contribution in [3.8, 4) is 17.0 Å². The number of nitrogens with one attached hydrogen (secondary N) is 1. The van der Waals surface area contributed by atoms with Gasteiger partial charge in [0.25, 0.3) is 0 Å². The molecule has 0 aliphatic heterocycles. The fourth-order valence-corrected chi connectivity index (χ4v) is 3.29. The molecule has 0 bridgehead atoms. The molecule has 20 heavy (non-hydrogen) atoms. The second-order valence-corrected chi connectivity index (χ2v) is 5.63. The normalized spacial score (nSPS) is 13.1. The lowest BCUT2D eigenvalue weighted by atomic mass is 9.89. The molecule has 2 aromatic carbocycles. The van der Waals surface area contributed by atoms with Crippen molar-refractivity contribution >= 4 is 22.5 Å². The molecule has 3 heteroatoms. The smallest absolute Gasteiger partial charge is 0.119 e. The number of fused-ring (bicyclic) bond motifs is 5. The summed E-state index contributed by atoms with van der Waals surface area (Å²) in [5, 5.41) is 2.04. The Bertz CT molecular complexity index is 819. The van der Waals surface area contributed by atoms with E-state index in [-0.39, 0.29) is 0 Å². The molecule has 0 amide bonds. The zero-order valence-corrected chi connectivity index (χ0v) is 11.9. The fourth-order valence-electron chi connectivity index (χ4n) is 3.12. The molecule has 0 unspecified atom stereocenters. The minimum Gasteiger partial charge on any atom is -0.497 e. The van der Waals surface area contributed by atoms with Gasteiger partial charge in [-0.15, -0.1) is 0 Å². The van der Waals surface area contributed by atoms with E-state index in [0.717, 1.165) is 29.1 Å². The Kier molecular flexibility index (Phi) is 2.54. The first-order valence-electron chi connectivity index (χ1n) is 6.73. The topological polar surface area (TPSA) is 25.0 Å². The number of ether oxygens (including phenoxy) is 1. The molecule has 1 aliphatic carbocycles. The molecule has 2 nitrogen and oxygen atoms in total. The summed E-state index contributed by atoms with van der Waals surface area (Å²) >= 11 is 6.13. The van der Waals surface area contributed by atoms with Crippen molar-refractivity contribution in [3.63, 3.8) is 0 Å². The fraction of sp³-hybridized carbons (Fsp3) is 0.176. The monoisotopic (exact) mass is 283 g/mol. The summed E-state index contributed by atoms with van der Waals surface area (Å²) in [5.41, 5.74) is 6.38. The average molecular weight is 284 g/mol. The van der Waals surface area contributed by atoms with Gasteiger partial charge in [-0.25, -0.2) is 0 Å². The van der Waals surface area contributed by atoms with Crippen LogP contribution in [0.25, 0.3) is 22.2 Å². The van der Waals surface area contributed by atoms with Gasteiger partial charge in [0.2, 0.25) is 0 Å². The van der Waals surface area contributed by atoms with Crippen LogP contribution in [0.15, 0.2) is 36.4 Å². The second-order valence-electron chi connectivity index (χ2n) is 5.19. The van der Waals surface area contributed by atoms with Gasteiger partial charge >= 0.3 is 0 Å². The number of H-pyrrole nitrogens is 1. The molecule has 1 aliphatic rings. The molecule has 0 fully saturated rings. The SMILES string of the molecule is COc1ccc2c(c1)CCc1c-2[nH]c2ccc(Cl)cc12. The highest BCUT2D eigenvalue weighted by Gasteiger charge is 2.21. The van der Waals surface area contributed by atoms with Gasteiger partial charge in [-0.2, -0.15) is 0 Å². The van der Waals surface area contributed by atoms with Crippen molar-refractivity contribution < 1.29 is 4.74 Å². The number of aromatic nitrogens is 1. The summed E-state index contributed by atoms with van der Waals surface area (Å²) in [6.07, 6.45) is 2.08. The van der Waals surface area contributed by atoms with Crippen LogP contribution < -0.4 is 4.74 Å². The molecular weight excluding hydrogens is 270 g/mol. The van der Waals surface area contributed by atoms with Crippen LogP contribution in [0.2, 0.25) is 5.02 Å². The number of benzene rings is 2. The van der Waals surface area contributed by atoms with Crippen LogP contribution in [0, 0.1) is 0 Å². The van der Waals surface area contributed by atoms with Crippen LogP contribution in [0.3, 0.4) is 0 Å². The maximum absolute atomic E-state index is 6.13. The van der Waals surface area contributed by atoms with Gasteiger partial charge in [0, 0.05) is 27.2 Å². The largest absolute Gasteiger partial charge is 0.497 e. The number of methoxy groups -OCH3 is 1. The standard InChI is InChI=1S/C17H14ClNO/c1-20-12-4-6-13-10(8-12)2-5-14-15-9-11(18)3-7-16(15)19-17(13)14/h3-4,6-9,19H,2,5H2,1H3. The van der Waals surface area contributed by atoms with Crippen molar-refractivity contribution in [1.29, 1.82) is 0 Å². The summed E-state index contributed by atoms with van der Waals surface area (Å²) in [4.78, 5) is 3.54. The molecule has 1 N–H and O–H groups in total. The van der Waals surface area contributed by atoms with Crippen LogP contribution in [0.4, 0.5) is 0 Å². The zero-order valence-electron chi connectivity index (χ0n) is 11.2. The molecular formula is C17H14ClNO. The van der Waals surface area contributed by atoms with Crippen molar-refractivity contribution in [3.05, 3.63) is 52.5 Å². The summed E-state index contributed by atoms with van der Waals surface area (Å²) < 4.78 is 5.32. The van der Waals surface area contributed by atoms with E-state index in [2.05, 4.69) is 29.2 Å². The molecule has 1 heterocycles. The summed E-state index contributed by atoms with van der Waals surface area (Å²) in [6.45, 7) is 0. The lowest BCUT2D eigenvalue weighted by Gasteiger charge is -2.17. The predicted octanol–water partition coefficient (Wildman–Crippen LogP) is 4.60. The van der Waals surface area contributed by atoms with Crippen molar-refractivity contribution in [1.82, 2.24) is 4.98 Å². The minimum absolute atomic E-state index is 0.792. The lowest BCUT2D eigenvalue weighted by Crippen LogP contribution is -2.03. The van der Waals surface area contributed by atoms with Crippen molar-refractivity contribution in [2.45, 2.75) is 12.8 Å². The Balaban J connectivity index is 1.98. The summed E-state index contributed by atoms with van der Waals surface area (Å²) in [6, 6.07) is 12.3. The van der Waals surface area contributed by atoms with E-state index in [0.29, 0.717) is 0 Å². The third-order valence-electron chi connectivity index (χ3n) is 4.09. The average Bonchev–Trinajstić information content (AvgIpc) is 2.84. The molecule has 1 aromatic heterocycles. The van der Waals surface area contributed by atoms with E-state index in [1.165, 1.54) is 27.8 Å². The quantitative estimate of drug-likeness (QED) is 0.694. The minimum atomic E-state index is 0.792. The van der Waals surface area contributed by atoms with Gasteiger partial charge < -0.3 is 9.72 Å². The summed E-state index contributed by atoms with van der Waals surface area (Å²) in [5.74, 6) is 0.923. The second kappa shape index (κ2) is 4.29. The molecule has 100 valence electrons. The molecule has 0 saturated carbocycles. The Labute approximate surface area is 122 Å². The van der Waals surface area contributed by atoms with Gasteiger partial charge in [0.05, 0.1) is 7.11 Å². The Morgan fingerprint density at radius 3 is 2.85 bits per heavy atom. The number of halogens is 1. The number of hydrogen-bond acceptors (Lipinski definition) is 1. The molecule has 4 rings (SSSR count). The maximum atomic E-state index is 6.13. The van der Waals surface area contributed by atoms with E-state index < -0.39 is 0 Å². The van der Waals surface area contributed by atoms with Gasteiger partial charge in [-0.1, -0.05) is 11.6 Å². The van der Waals surface area contributed by atoms with E-state index in [4.69, 9.17) is 16.3 Å². The highest BCUT2D eigenvalue weighted by Crippen LogP contribution is 2.39. The third-order valence-corrected chi connectivity index (χ3v) is 4.33. The Morgan fingerprint density at radius 2 is 2.00 bits per heavy atom. The zero-order chi connectivity index (χ0) is 13.7. The van der Waals surface area contributed by atoms with Crippen molar-refractivity contribution in [2.24, 2.45) is 0 Å². The molecule has 0 atom stereocenters. The number of aromatic amines is 1. The highest BCUT2D eigenvalue weighted by atomic mass is 35.5. The van der Waals surface area contributed by atoms with Crippen molar-refractivity contribution in [2.75, 3.05) is 7.11 Å². The first-order valence-corrected chi connectivity index (χ1v) is 7.11. The molecule has 0 spiro atoms. The van der Waals surface area contributed by atoms with Gasteiger partial charge in [0.15, 0.2) is 0 Å². The van der Waals surface area contributed by atoms with Gasteiger partial charge in [0.1, 0.15) is 5.75 Å².